The summed E-state index contributed by atoms with van der Waals surface area (Å²) in [5.74, 6) is -0.673. The number of hydrogen-bond donors (Lipinski definition) is 1. The van der Waals surface area contributed by atoms with Crippen LogP contribution in [0.5, 0.6) is 0 Å². The molecule has 0 saturated carbocycles. The van der Waals surface area contributed by atoms with E-state index in [9.17, 15) is 9.90 Å². The van der Waals surface area contributed by atoms with Gasteiger partial charge in [0.1, 0.15) is 0 Å². The standard InChI is InChI=1S/C14H22BrN3O2/c1-4-18-11(12(15)10(2)16-18)9-17-7-5-14(3,6-8-17)13(19)20/h4-9H2,1-3H3,(H,19,20). The Labute approximate surface area is 128 Å². The molecule has 2 heterocycles. The normalized spacial score (nSPS) is 19.2. The summed E-state index contributed by atoms with van der Waals surface area (Å²) in [4.78, 5) is 13.6. The van der Waals surface area contributed by atoms with E-state index in [-0.39, 0.29) is 0 Å². The Morgan fingerprint density at radius 1 is 1.45 bits per heavy atom. The number of carboxylic acids is 1. The van der Waals surface area contributed by atoms with Gasteiger partial charge in [-0.1, -0.05) is 0 Å². The van der Waals surface area contributed by atoms with Gasteiger partial charge >= 0.3 is 5.97 Å². The maximum atomic E-state index is 11.3. The van der Waals surface area contributed by atoms with Gasteiger partial charge in [-0.05, 0) is 62.6 Å². The van der Waals surface area contributed by atoms with Crippen LogP contribution in [0, 0.1) is 12.3 Å². The fraction of sp³-hybridized carbons (Fsp3) is 0.714. The number of hydrogen-bond acceptors (Lipinski definition) is 3. The quantitative estimate of drug-likeness (QED) is 0.912. The molecule has 0 atom stereocenters. The van der Waals surface area contributed by atoms with E-state index in [1.54, 1.807) is 0 Å². The molecule has 1 aliphatic rings. The summed E-state index contributed by atoms with van der Waals surface area (Å²) in [7, 11) is 0. The molecule has 1 aromatic rings. The van der Waals surface area contributed by atoms with Gasteiger partial charge in [0.05, 0.1) is 21.3 Å². The summed E-state index contributed by atoms with van der Waals surface area (Å²) in [6.07, 6.45) is 1.42. The van der Waals surface area contributed by atoms with Gasteiger partial charge in [0.15, 0.2) is 0 Å². The van der Waals surface area contributed by atoms with E-state index in [0.717, 1.165) is 36.3 Å². The van der Waals surface area contributed by atoms with E-state index in [1.165, 1.54) is 5.69 Å². The monoisotopic (exact) mass is 343 g/mol. The van der Waals surface area contributed by atoms with E-state index >= 15 is 0 Å². The SMILES string of the molecule is CCn1nc(C)c(Br)c1CN1CCC(C)(C(=O)O)CC1. The van der Waals surface area contributed by atoms with E-state index in [1.807, 2.05) is 18.5 Å². The number of likely N-dealkylation sites (tertiary alicyclic amines) is 1. The maximum absolute atomic E-state index is 11.3. The van der Waals surface area contributed by atoms with E-state index < -0.39 is 11.4 Å². The van der Waals surface area contributed by atoms with Crippen LogP contribution in [-0.4, -0.2) is 38.8 Å². The molecule has 0 aliphatic carbocycles. The lowest BCUT2D eigenvalue weighted by Crippen LogP contribution is -2.42. The molecular formula is C14H22BrN3O2. The predicted molar refractivity (Wildman–Crippen MR) is 80.6 cm³/mol. The van der Waals surface area contributed by atoms with Crippen LogP contribution in [0.15, 0.2) is 4.47 Å². The third kappa shape index (κ3) is 2.91. The van der Waals surface area contributed by atoms with Crippen LogP contribution in [0.25, 0.3) is 0 Å². The van der Waals surface area contributed by atoms with Crippen molar-refractivity contribution in [1.29, 1.82) is 0 Å². The van der Waals surface area contributed by atoms with Crippen molar-refractivity contribution in [3.63, 3.8) is 0 Å². The molecule has 5 nitrogen and oxygen atoms in total. The molecule has 1 aliphatic heterocycles. The first kappa shape index (κ1) is 15.5. The molecule has 112 valence electrons. The Bertz CT molecular complexity index is 505. The second-order valence-electron chi connectivity index (χ2n) is 5.80. The van der Waals surface area contributed by atoms with Crippen LogP contribution in [0.3, 0.4) is 0 Å². The fourth-order valence-electron chi connectivity index (χ4n) is 2.65. The minimum atomic E-state index is -0.673. The third-order valence-electron chi connectivity index (χ3n) is 4.30. The minimum Gasteiger partial charge on any atom is -0.481 e. The zero-order valence-corrected chi connectivity index (χ0v) is 13.9. The fourth-order valence-corrected chi connectivity index (χ4v) is 3.06. The number of aliphatic carboxylic acids is 1. The van der Waals surface area contributed by atoms with Crippen molar-refractivity contribution in [1.82, 2.24) is 14.7 Å². The van der Waals surface area contributed by atoms with Crippen molar-refractivity contribution in [3.8, 4) is 0 Å². The van der Waals surface area contributed by atoms with E-state index in [2.05, 4.69) is 32.9 Å². The number of rotatable bonds is 4. The number of carbonyl (C=O) groups is 1. The predicted octanol–water partition coefficient (Wildman–Crippen LogP) is 2.66. The highest BCUT2D eigenvalue weighted by Gasteiger charge is 2.37. The molecule has 2 rings (SSSR count). The average molecular weight is 344 g/mol. The van der Waals surface area contributed by atoms with Crippen LogP contribution in [-0.2, 0) is 17.9 Å². The maximum Gasteiger partial charge on any atom is 0.309 e. The van der Waals surface area contributed by atoms with E-state index in [4.69, 9.17) is 0 Å². The van der Waals surface area contributed by atoms with Crippen molar-refractivity contribution < 1.29 is 9.90 Å². The van der Waals surface area contributed by atoms with Crippen LogP contribution >= 0.6 is 15.9 Å². The largest absolute Gasteiger partial charge is 0.481 e. The number of piperidine rings is 1. The molecular weight excluding hydrogens is 322 g/mol. The second-order valence-corrected chi connectivity index (χ2v) is 6.60. The van der Waals surface area contributed by atoms with Gasteiger partial charge in [-0.2, -0.15) is 5.10 Å². The van der Waals surface area contributed by atoms with Gasteiger partial charge in [0.2, 0.25) is 0 Å². The molecule has 20 heavy (non-hydrogen) atoms. The lowest BCUT2D eigenvalue weighted by Gasteiger charge is -2.36. The molecule has 6 heteroatoms. The molecule has 0 amide bonds. The van der Waals surface area contributed by atoms with Gasteiger partial charge in [-0.25, -0.2) is 0 Å². The number of aromatic nitrogens is 2. The first-order valence-electron chi connectivity index (χ1n) is 7.05. The Balaban J connectivity index is 2.05. The van der Waals surface area contributed by atoms with Crippen LogP contribution in [0.2, 0.25) is 0 Å². The Hall–Kier alpha value is -0.880. The summed E-state index contributed by atoms with van der Waals surface area (Å²) in [5.41, 5.74) is 1.63. The Morgan fingerprint density at radius 2 is 2.05 bits per heavy atom. The van der Waals surface area contributed by atoms with Crippen molar-refractivity contribution in [3.05, 3.63) is 15.9 Å². The summed E-state index contributed by atoms with van der Waals surface area (Å²) in [6.45, 7) is 9.25. The van der Waals surface area contributed by atoms with E-state index in [0.29, 0.717) is 12.8 Å². The second kappa shape index (κ2) is 5.85. The molecule has 0 unspecified atom stereocenters. The summed E-state index contributed by atoms with van der Waals surface area (Å²) in [5, 5.41) is 13.8. The molecule has 0 aromatic carbocycles. The topological polar surface area (TPSA) is 58.4 Å². The minimum absolute atomic E-state index is 0.561. The lowest BCUT2D eigenvalue weighted by molar-refractivity contribution is -0.150. The van der Waals surface area contributed by atoms with Crippen LogP contribution in [0.1, 0.15) is 38.1 Å². The van der Waals surface area contributed by atoms with Crippen molar-refractivity contribution in [2.45, 2.75) is 46.7 Å². The van der Waals surface area contributed by atoms with Crippen molar-refractivity contribution >= 4 is 21.9 Å². The number of nitrogens with zero attached hydrogens (tertiary/aromatic N) is 3. The molecule has 1 fully saturated rings. The zero-order chi connectivity index (χ0) is 14.9. The Morgan fingerprint density at radius 3 is 2.55 bits per heavy atom. The van der Waals surface area contributed by atoms with Crippen molar-refractivity contribution in [2.75, 3.05) is 13.1 Å². The number of carboxylic acid groups (broad SMARTS) is 1. The van der Waals surface area contributed by atoms with Crippen LogP contribution < -0.4 is 0 Å². The molecule has 0 bridgehead atoms. The number of halogens is 1. The van der Waals surface area contributed by atoms with Gasteiger partial charge < -0.3 is 5.11 Å². The molecule has 1 saturated heterocycles. The van der Waals surface area contributed by atoms with Crippen LogP contribution in [0.4, 0.5) is 0 Å². The summed E-state index contributed by atoms with van der Waals surface area (Å²) in [6, 6.07) is 0. The third-order valence-corrected chi connectivity index (χ3v) is 5.33. The Kier molecular flexibility index (Phi) is 4.54. The molecule has 0 radical (unpaired) electrons. The smallest absolute Gasteiger partial charge is 0.309 e. The molecule has 0 spiro atoms. The molecule has 1 aromatic heterocycles. The van der Waals surface area contributed by atoms with Gasteiger partial charge in [0, 0.05) is 13.1 Å². The molecule has 1 N–H and O–H groups in total. The lowest BCUT2D eigenvalue weighted by atomic mass is 9.80. The highest BCUT2D eigenvalue weighted by Crippen LogP contribution is 2.32. The first-order chi connectivity index (χ1) is 9.37. The summed E-state index contributed by atoms with van der Waals surface area (Å²) < 4.78 is 3.09. The van der Waals surface area contributed by atoms with Crippen molar-refractivity contribution in [2.24, 2.45) is 5.41 Å². The van der Waals surface area contributed by atoms with Gasteiger partial charge in [0.25, 0.3) is 0 Å². The highest BCUT2D eigenvalue weighted by atomic mass is 79.9. The van der Waals surface area contributed by atoms with Gasteiger partial charge in [-0.3, -0.25) is 14.4 Å². The number of aryl methyl sites for hydroxylation is 2. The van der Waals surface area contributed by atoms with Gasteiger partial charge in [-0.15, -0.1) is 0 Å². The highest BCUT2D eigenvalue weighted by molar-refractivity contribution is 9.10. The summed E-state index contributed by atoms with van der Waals surface area (Å²) >= 11 is 3.61. The zero-order valence-electron chi connectivity index (χ0n) is 12.3. The first-order valence-corrected chi connectivity index (χ1v) is 7.84. The average Bonchev–Trinajstić information content (AvgIpc) is 2.69.